The predicted molar refractivity (Wildman–Crippen MR) is 96.4 cm³/mol. The first-order valence-corrected chi connectivity index (χ1v) is 8.07. The van der Waals surface area contributed by atoms with E-state index in [9.17, 15) is 28.9 Å². The topological polar surface area (TPSA) is 128 Å². The van der Waals surface area contributed by atoms with Crippen molar-refractivity contribution in [3.05, 3.63) is 69.0 Å². The van der Waals surface area contributed by atoms with E-state index in [0.29, 0.717) is 0 Å². The Morgan fingerprint density at radius 3 is 2.61 bits per heavy atom. The first-order chi connectivity index (χ1) is 13.3. The molecule has 0 radical (unpaired) electrons. The maximum atomic E-state index is 13.0. The number of nitrogens with zero attached hydrogens (tertiary/aromatic N) is 1. The maximum Gasteiger partial charge on any atom is 0.325 e. The summed E-state index contributed by atoms with van der Waals surface area (Å²) in [5, 5.41) is 15.5. The van der Waals surface area contributed by atoms with Crippen LogP contribution in [0.25, 0.3) is 0 Å². The second kappa shape index (κ2) is 9.42. The van der Waals surface area contributed by atoms with Crippen molar-refractivity contribution in [1.82, 2.24) is 5.32 Å². The molecule has 0 aliphatic heterocycles. The quantitative estimate of drug-likeness (QED) is 0.410. The molecule has 0 saturated carbocycles. The molecule has 2 rings (SSSR count). The van der Waals surface area contributed by atoms with Gasteiger partial charge in [-0.25, -0.2) is 4.39 Å². The number of hydrogen-bond acceptors (Lipinski definition) is 6. The minimum absolute atomic E-state index is 0.0144. The fourth-order valence-corrected chi connectivity index (χ4v) is 2.20. The SMILES string of the molecule is O=C(COC(=O)CNC(=O)c1cccc(F)c1)Nc1ccc(Cl)cc1[N+](=O)[O-]. The highest BCUT2D eigenvalue weighted by molar-refractivity contribution is 6.31. The number of carbonyl (C=O) groups is 3. The third kappa shape index (κ3) is 6.02. The number of hydrogen-bond donors (Lipinski definition) is 2. The van der Waals surface area contributed by atoms with Gasteiger partial charge in [0.15, 0.2) is 6.61 Å². The third-order valence-corrected chi connectivity index (χ3v) is 3.51. The molecule has 2 N–H and O–H groups in total. The molecule has 9 nitrogen and oxygen atoms in total. The molecule has 0 fully saturated rings. The van der Waals surface area contributed by atoms with Gasteiger partial charge in [0, 0.05) is 16.7 Å². The Hall–Kier alpha value is -3.53. The Morgan fingerprint density at radius 2 is 1.93 bits per heavy atom. The molecule has 146 valence electrons. The van der Waals surface area contributed by atoms with Crippen molar-refractivity contribution in [2.75, 3.05) is 18.5 Å². The van der Waals surface area contributed by atoms with Crippen LogP contribution in [0.1, 0.15) is 10.4 Å². The highest BCUT2D eigenvalue weighted by Gasteiger charge is 2.17. The van der Waals surface area contributed by atoms with Crippen molar-refractivity contribution in [3.63, 3.8) is 0 Å². The van der Waals surface area contributed by atoms with E-state index in [1.807, 2.05) is 0 Å². The third-order valence-electron chi connectivity index (χ3n) is 3.27. The van der Waals surface area contributed by atoms with Crippen molar-refractivity contribution in [2.45, 2.75) is 0 Å². The van der Waals surface area contributed by atoms with Crippen LogP contribution in [0, 0.1) is 15.9 Å². The summed E-state index contributed by atoms with van der Waals surface area (Å²) in [7, 11) is 0. The van der Waals surface area contributed by atoms with Gasteiger partial charge in [0.05, 0.1) is 4.92 Å². The zero-order valence-electron chi connectivity index (χ0n) is 14.1. The minimum atomic E-state index is -0.925. The number of anilines is 1. The first-order valence-electron chi connectivity index (χ1n) is 7.69. The molecule has 0 unspecified atom stereocenters. The maximum absolute atomic E-state index is 13.0. The van der Waals surface area contributed by atoms with E-state index in [-0.39, 0.29) is 16.3 Å². The lowest BCUT2D eigenvalue weighted by Gasteiger charge is -2.08. The Balaban J connectivity index is 1.82. The van der Waals surface area contributed by atoms with E-state index in [4.69, 9.17) is 11.6 Å². The van der Waals surface area contributed by atoms with E-state index < -0.39 is 47.4 Å². The number of ether oxygens (including phenoxy) is 1. The number of esters is 1. The Morgan fingerprint density at radius 1 is 1.18 bits per heavy atom. The van der Waals surface area contributed by atoms with Gasteiger partial charge in [-0.05, 0) is 30.3 Å². The average molecular weight is 410 g/mol. The van der Waals surface area contributed by atoms with Gasteiger partial charge in [0.2, 0.25) is 0 Å². The molecule has 0 heterocycles. The van der Waals surface area contributed by atoms with Gasteiger partial charge in [-0.3, -0.25) is 24.5 Å². The smallest absolute Gasteiger partial charge is 0.325 e. The zero-order chi connectivity index (χ0) is 20.7. The number of nitro groups is 1. The van der Waals surface area contributed by atoms with Crippen LogP contribution in [0.15, 0.2) is 42.5 Å². The highest BCUT2D eigenvalue weighted by atomic mass is 35.5. The molecule has 28 heavy (non-hydrogen) atoms. The van der Waals surface area contributed by atoms with Crippen LogP contribution < -0.4 is 10.6 Å². The molecule has 2 amide bonds. The van der Waals surface area contributed by atoms with Crippen LogP contribution in [0.3, 0.4) is 0 Å². The summed E-state index contributed by atoms with van der Waals surface area (Å²) in [6.07, 6.45) is 0. The first kappa shape index (κ1) is 20.8. The van der Waals surface area contributed by atoms with Crippen LogP contribution in [0.4, 0.5) is 15.8 Å². The van der Waals surface area contributed by atoms with Gasteiger partial charge in [0.25, 0.3) is 17.5 Å². The van der Waals surface area contributed by atoms with Gasteiger partial charge in [-0.1, -0.05) is 17.7 Å². The predicted octanol–water partition coefficient (Wildman–Crippen LogP) is 2.30. The molecule has 0 aromatic heterocycles. The molecule has 0 saturated heterocycles. The van der Waals surface area contributed by atoms with E-state index >= 15 is 0 Å². The minimum Gasteiger partial charge on any atom is -0.454 e. The molecular weight excluding hydrogens is 397 g/mol. The lowest BCUT2D eigenvalue weighted by Crippen LogP contribution is -2.32. The van der Waals surface area contributed by atoms with Crippen LogP contribution in [0.2, 0.25) is 5.02 Å². The second-order valence-corrected chi connectivity index (χ2v) is 5.76. The number of rotatable bonds is 7. The van der Waals surface area contributed by atoms with Gasteiger partial charge in [-0.2, -0.15) is 0 Å². The fourth-order valence-electron chi connectivity index (χ4n) is 2.03. The van der Waals surface area contributed by atoms with Crippen molar-refractivity contribution < 1.29 is 28.4 Å². The number of carbonyl (C=O) groups excluding carboxylic acids is 3. The Labute approximate surface area is 162 Å². The van der Waals surface area contributed by atoms with Crippen molar-refractivity contribution in [2.24, 2.45) is 0 Å². The molecule has 0 spiro atoms. The van der Waals surface area contributed by atoms with Crippen molar-refractivity contribution in [3.8, 4) is 0 Å². The number of amides is 2. The number of nitrogens with one attached hydrogen (secondary N) is 2. The molecule has 0 atom stereocenters. The molecule has 2 aromatic carbocycles. The van der Waals surface area contributed by atoms with Crippen molar-refractivity contribution >= 4 is 40.8 Å². The van der Waals surface area contributed by atoms with E-state index in [1.54, 1.807) is 0 Å². The van der Waals surface area contributed by atoms with Gasteiger partial charge >= 0.3 is 5.97 Å². The monoisotopic (exact) mass is 409 g/mol. The summed E-state index contributed by atoms with van der Waals surface area (Å²) >= 11 is 5.67. The number of benzene rings is 2. The second-order valence-electron chi connectivity index (χ2n) is 5.32. The summed E-state index contributed by atoms with van der Waals surface area (Å²) in [6.45, 7) is -1.28. The lowest BCUT2D eigenvalue weighted by molar-refractivity contribution is -0.383. The van der Waals surface area contributed by atoms with Crippen LogP contribution in [0.5, 0.6) is 0 Å². The largest absolute Gasteiger partial charge is 0.454 e. The van der Waals surface area contributed by atoms with Gasteiger partial charge in [-0.15, -0.1) is 0 Å². The standard InChI is InChI=1S/C17H13ClFN3O6/c18-11-4-5-13(14(7-11)22(26)27)21-15(23)9-28-16(24)8-20-17(25)10-2-1-3-12(19)6-10/h1-7H,8-9H2,(H,20,25)(H,21,23). The summed E-state index contributed by atoms with van der Waals surface area (Å²) in [5.41, 5.74) is -0.523. The van der Waals surface area contributed by atoms with Crippen molar-refractivity contribution in [1.29, 1.82) is 0 Å². The number of nitro benzene ring substituents is 1. The normalized spacial score (nSPS) is 10.1. The van der Waals surface area contributed by atoms with Gasteiger partial charge in [0.1, 0.15) is 18.0 Å². The molecule has 11 heteroatoms. The van der Waals surface area contributed by atoms with E-state index in [0.717, 1.165) is 18.2 Å². The fraction of sp³-hybridized carbons (Fsp3) is 0.118. The molecule has 0 aliphatic carbocycles. The van der Waals surface area contributed by atoms with Crippen LogP contribution in [-0.2, 0) is 14.3 Å². The molecule has 0 aliphatic rings. The molecule has 0 bridgehead atoms. The molecular formula is C17H13ClFN3O6. The highest BCUT2D eigenvalue weighted by Crippen LogP contribution is 2.27. The summed E-state index contributed by atoms with van der Waals surface area (Å²) in [6, 6.07) is 8.49. The summed E-state index contributed by atoms with van der Waals surface area (Å²) < 4.78 is 17.7. The van der Waals surface area contributed by atoms with Gasteiger partial charge < -0.3 is 15.4 Å². The van der Waals surface area contributed by atoms with Crippen LogP contribution >= 0.6 is 11.6 Å². The summed E-state index contributed by atoms with van der Waals surface area (Å²) in [4.78, 5) is 45.4. The average Bonchev–Trinajstić information content (AvgIpc) is 2.65. The van der Waals surface area contributed by atoms with E-state index in [1.165, 1.54) is 24.3 Å². The lowest BCUT2D eigenvalue weighted by atomic mass is 10.2. The number of halogens is 2. The Kier molecular flexibility index (Phi) is 6.99. The van der Waals surface area contributed by atoms with Crippen LogP contribution in [-0.4, -0.2) is 35.9 Å². The zero-order valence-corrected chi connectivity index (χ0v) is 14.9. The Bertz CT molecular complexity index is 937. The molecule has 2 aromatic rings. The summed E-state index contributed by atoms with van der Waals surface area (Å²) in [5.74, 6) is -3.05. The van der Waals surface area contributed by atoms with E-state index in [2.05, 4.69) is 15.4 Å².